The minimum atomic E-state index is -0.00964. The van der Waals surface area contributed by atoms with Crippen LogP contribution in [0.25, 0.3) is 0 Å². The number of rotatable bonds is 5. The van der Waals surface area contributed by atoms with E-state index in [0.29, 0.717) is 25.0 Å². The van der Waals surface area contributed by atoms with Crippen LogP contribution in [0.3, 0.4) is 0 Å². The van der Waals surface area contributed by atoms with E-state index in [-0.39, 0.29) is 11.5 Å². The van der Waals surface area contributed by atoms with Gasteiger partial charge in [0.05, 0.1) is 13.2 Å². The predicted octanol–water partition coefficient (Wildman–Crippen LogP) is 2.30. The minimum Gasteiger partial charge on any atom is -0.494 e. The summed E-state index contributed by atoms with van der Waals surface area (Å²) in [6, 6.07) is 13.0. The van der Waals surface area contributed by atoms with Gasteiger partial charge in [0.2, 0.25) is 5.91 Å². The number of amides is 1. The Morgan fingerprint density at radius 1 is 1.15 bits per heavy atom. The van der Waals surface area contributed by atoms with Gasteiger partial charge in [0.15, 0.2) is 0 Å². The molecule has 2 aromatic rings. The zero-order valence-electron chi connectivity index (χ0n) is 15.6. The number of likely N-dealkylation sites (tertiary alicyclic amines) is 1. The Balaban J connectivity index is 1.38. The summed E-state index contributed by atoms with van der Waals surface area (Å²) in [5.74, 6) is 1.54. The predicted molar refractivity (Wildman–Crippen MR) is 104 cm³/mol. The lowest BCUT2D eigenvalue weighted by Crippen LogP contribution is -2.49. The van der Waals surface area contributed by atoms with Gasteiger partial charge in [0, 0.05) is 43.0 Å². The molecule has 0 spiro atoms. The number of fused-ring (bicyclic) bond motifs is 4. The van der Waals surface area contributed by atoms with E-state index in [9.17, 15) is 9.59 Å². The molecule has 3 heterocycles. The van der Waals surface area contributed by atoms with Crippen molar-refractivity contribution < 1.29 is 9.53 Å². The fourth-order valence-electron chi connectivity index (χ4n) is 4.33. The van der Waals surface area contributed by atoms with Gasteiger partial charge in [-0.05, 0) is 49.6 Å². The molecule has 1 fully saturated rings. The third-order valence-electron chi connectivity index (χ3n) is 5.37. The van der Waals surface area contributed by atoms with E-state index in [0.717, 1.165) is 43.2 Å². The Kier molecular flexibility index (Phi) is 4.99. The van der Waals surface area contributed by atoms with Crippen LogP contribution in [0.2, 0.25) is 0 Å². The molecule has 1 amide bonds. The number of carbonyl (C=O) groups excluding carboxylic acids is 1. The second kappa shape index (κ2) is 7.56. The number of anilines is 1. The lowest BCUT2D eigenvalue weighted by Gasteiger charge is -2.42. The van der Waals surface area contributed by atoms with Crippen molar-refractivity contribution in [2.75, 3.05) is 31.6 Å². The monoisotopic (exact) mass is 367 g/mol. The third-order valence-corrected chi connectivity index (χ3v) is 5.37. The van der Waals surface area contributed by atoms with Crippen molar-refractivity contribution >= 4 is 11.6 Å². The molecule has 1 aromatic carbocycles. The molecule has 2 unspecified atom stereocenters. The van der Waals surface area contributed by atoms with Crippen LogP contribution in [-0.4, -0.2) is 41.6 Å². The molecule has 2 aliphatic rings. The van der Waals surface area contributed by atoms with Crippen LogP contribution >= 0.6 is 0 Å². The first-order valence-electron chi connectivity index (χ1n) is 9.57. The minimum absolute atomic E-state index is 0.00964. The first-order chi connectivity index (χ1) is 13.1. The quantitative estimate of drug-likeness (QED) is 0.881. The van der Waals surface area contributed by atoms with Crippen molar-refractivity contribution in [2.24, 2.45) is 5.92 Å². The van der Waals surface area contributed by atoms with Crippen LogP contribution in [0, 0.1) is 5.92 Å². The molecule has 27 heavy (non-hydrogen) atoms. The van der Waals surface area contributed by atoms with Crippen molar-refractivity contribution in [1.29, 1.82) is 0 Å². The van der Waals surface area contributed by atoms with Crippen molar-refractivity contribution in [2.45, 2.75) is 25.8 Å². The standard InChI is InChI=1S/C21H25N3O3/c1-2-27-18-8-6-17(7-9-18)22-20(25)14-23-11-15-10-16(13-23)19-4-3-5-21(26)24(19)12-15/h3-9,15-16H,2,10-14H2,1H3,(H,22,25). The summed E-state index contributed by atoms with van der Waals surface area (Å²) in [4.78, 5) is 26.8. The number of nitrogens with zero attached hydrogens (tertiary/aromatic N) is 2. The number of hydrogen-bond donors (Lipinski definition) is 1. The molecule has 1 saturated heterocycles. The number of carbonyl (C=O) groups is 1. The van der Waals surface area contributed by atoms with Gasteiger partial charge in [-0.25, -0.2) is 0 Å². The smallest absolute Gasteiger partial charge is 0.250 e. The van der Waals surface area contributed by atoms with Gasteiger partial charge in [-0.3, -0.25) is 14.5 Å². The van der Waals surface area contributed by atoms with E-state index >= 15 is 0 Å². The van der Waals surface area contributed by atoms with E-state index in [4.69, 9.17) is 4.74 Å². The Labute approximate surface area is 158 Å². The maximum absolute atomic E-state index is 12.5. The van der Waals surface area contributed by atoms with Crippen LogP contribution in [0.4, 0.5) is 5.69 Å². The molecule has 2 atom stereocenters. The highest BCUT2D eigenvalue weighted by Crippen LogP contribution is 2.34. The van der Waals surface area contributed by atoms with Gasteiger partial charge in [0.25, 0.3) is 5.56 Å². The summed E-state index contributed by atoms with van der Waals surface area (Å²) in [7, 11) is 0. The molecule has 142 valence electrons. The molecular formula is C21H25N3O3. The Morgan fingerprint density at radius 3 is 2.74 bits per heavy atom. The highest BCUT2D eigenvalue weighted by atomic mass is 16.5. The first-order valence-corrected chi connectivity index (χ1v) is 9.57. The summed E-state index contributed by atoms with van der Waals surface area (Å²) in [6.07, 6.45) is 1.10. The zero-order chi connectivity index (χ0) is 18.8. The fraction of sp³-hybridized carbons (Fsp3) is 0.429. The second-order valence-corrected chi connectivity index (χ2v) is 7.40. The van der Waals surface area contributed by atoms with E-state index in [1.807, 2.05) is 47.9 Å². The summed E-state index contributed by atoms with van der Waals surface area (Å²) in [5.41, 5.74) is 1.97. The highest BCUT2D eigenvalue weighted by Gasteiger charge is 2.34. The highest BCUT2D eigenvalue weighted by molar-refractivity contribution is 5.92. The SMILES string of the molecule is CCOc1ccc(NC(=O)CN2CC3CC(C2)c2cccc(=O)n2C3)cc1. The molecule has 6 nitrogen and oxygen atoms in total. The fourth-order valence-corrected chi connectivity index (χ4v) is 4.33. The molecule has 0 saturated carbocycles. The zero-order valence-corrected chi connectivity index (χ0v) is 15.6. The van der Waals surface area contributed by atoms with Gasteiger partial charge in [-0.15, -0.1) is 0 Å². The molecule has 1 aromatic heterocycles. The van der Waals surface area contributed by atoms with Crippen LogP contribution in [0.1, 0.15) is 25.0 Å². The maximum atomic E-state index is 12.5. The topological polar surface area (TPSA) is 63.6 Å². The van der Waals surface area contributed by atoms with Crippen LogP contribution < -0.4 is 15.6 Å². The first kappa shape index (κ1) is 17.8. The molecular weight excluding hydrogens is 342 g/mol. The number of ether oxygens (including phenoxy) is 1. The Hall–Kier alpha value is -2.60. The number of nitrogens with one attached hydrogen (secondary N) is 1. The number of aromatic nitrogens is 1. The third kappa shape index (κ3) is 3.90. The average Bonchev–Trinajstić information content (AvgIpc) is 2.64. The van der Waals surface area contributed by atoms with E-state index in [1.54, 1.807) is 6.07 Å². The van der Waals surface area contributed by atoms with Gasteiger partial charge in [-0.2, -0.15) is 0 Å². The molecule has 0 aliphatic carbocycles. The number of piperidine rings is 1. The van der Waals surface area contributed by atoms with Gasteiger partial charge >= 0.3 is 0 Å². The lowest BCUT2D eigenvalue weighted by molar-refractivity contribution is -0.117. The van der Waals surface area contributed by atoms with Crippen molar-refractivity contribution in [3.63, 3.8) is 0 Å². The maximum Gasteiger partial charge on any atom is 0.250 e. The normalized spacial score (nSPS) is 21.4. The van der Waals surface area contributed by atoms with Gasteiger partial charge in [0.1, 0.15) is 5.75 Å². The summed E-state index contributed by atoms with van der Waals surface area (Å²) < 4.78 is 7.33. The summed E-state index contributed by atoms with van der Waals surface area (Å²) in [6.45, 7) is 5.36. The second-order valence-electron chi connectivity index (χ2n) is 7.40. The lowest BCUT2D eigenvalue weighted by atomic mass is 9.83. The molecule has 1 N–H and O–H groups in total. The molecule has 2 aliphatic heterocycles. The summed E-state index contributed by atoms with van der Waals surface area (Å²) >= 11 is 0. The van der Waals surface area contributed by atoms with E-state index in [2.05, 4.69) is 10.2 Å². The van der Waals surface area contributed by atoms with Crippen LogP contribution in [0.5, 0.6) is 5.75 Å². The summed E-state index contributed by atoms with van der Waals surface area (Å²) in [5, 5.41) is 2.96. The Bertz CT molecular complexity index is 875. The average molecular weight is 367 g/mol. The number of pyridine rings is 1. The number of hydrogen-bond acceptors (Lipinski definition) is 4. The van der Waals surface area contributed by atoms with Gasteiger partial charge in [-0.1, -0.05) is 6.07 Å². The molecule has 0 radical (unpaired) electrons. The van der Waals surface area contributed by atoms with Crippen LogP contribution in [0.15, 0.2) is 47.3 Å². The largest absolute Gasteiger partial charge is 0.494 e. The van der Waals surface area contributed by atoms with Gasteiger partial charge < -0.3 is 14.6 Å². The van der Waals surface area contributed by atoms with Crippen LogP contribution in [-0.2, 0) is 11.3 Å². The van der Waals surface area contributed by atoms with E-state index in [1.165, 1.54) is 0 Å². The number of benzene rings is 1. The van der Waals surface area contributed by atoms with Crippen molar-refractivity contribution in [3.8, 4) is 5.75 Å². The molecule has 4 rings (SSSR count). The molecule has 6 heteroatoms. The Morgan fingerprint density at radius 2 is 1.96 bits per heavy atom. The van der Waals surface area contributed by atoms with Crippen molar-refractivity contribution in [3.05, 3.63) is 58.5 Å². The van der Waals surface area contributed by atoms with Crippen molar-refractivity contribution in [1.82, 2.24) is 9.47 Å². The molecule has 2 bridgehead atoms. The van der Waals surface area contributed by atoms with E-state index < -0.39 is 0 Å².